The Morgan fingerprint density at radius 3 is 2.64 bits per heavy atom. The Morgan fingerprint density at radius 2 is 1.86 bits per heavy atom. The van der Waals surface area contributed by atoms with Crippen LogP contribution in [0.1, 0.15) is 18.9 Å². The predicted molar refractivity (Wildman–Crippen MR) is 103 cm³/mol. The van der Waals surface area contributed by atoms with Crippen molar-refractivity contribution in [2.24, 2.45) is 0 Å². The quantitative estimate of drug-likeness (QED) is 0.715. The summed E-state index contributed by atoms with van der Waals surface area (Å²) in [5.74, 6) is -0.990. The smallest absolute Gasteiger partial charge is 0.310 e. The number of para-hydroxylation sites is 2. The van der Waals surface area contributed by atoms with Crippen LogP contribution in [0.4, 0.5) is 5.69 Å². The first kappa shape index (κ1) is 19.4. The van der Waals surface area contributed by atoms with E-state index >= 15 is 0 Å². The van der Waals surface area contributed by atoms with Crippen molar-refractivity contribution in [1.82, 2.24) is 5.32 Å². The molecule has 2 N–H and O–H groups in total. The molecule has 0 bridgehead atoms. The molecule has 0 saturated heterocycles. The van der Waals surface area contributed by atoms with E-state index in [1.807, 2.05) is 30.3 Å². The maximum atomic E-state index is 12.1. The molecule has 146 valence electrons. The standard InChI is InChI=1S/C21H22N2O5/c1-14(20(25)22-12-11-15-7-3-2-4-8-15)27-19(24)13-18-21(26)23-16-9-5-6-10-17(16)28-18/h2-10,14,18H,11-13H2,1H3,(H,22,25)(H,23,26)/t14-,18+/m1/s1. The van der Waals surface area contributed by atoms with Gasteiger partial charge >= 0.3 is 5.97 Å². The van der Waals surface area contributed by atoms with Gasteiger partial charge in [0.05, 0.1) is 12.1 Å². The number of hydrogen-bond donors (Lipinski definition) is 2. The third-order valence-corrected chi connectivity index (χ3v) is 4.29. The number of carbonyl (C=O) groups excluding carboxylic acids is 3. The minimum Gasteiger partial charge on any atom is -0.478 e. The van der Waals surface area contributed by atoms with Crippen LogP contribution in [0.15, 0.2) is 54.6 Å². The number of rotatable bonds is 7. The number of hydrogen-bond acceptors (Lipinski definition) is 5. The van der Waals surface area contributed by atoms with Crippen LogP contribution in [0.3, 0.4) is 0 Å². The van der Waals surface area contributed by atoms with Gasteiger partial charge in [-0.05, 0) is 31.0 Å². The number of esters is 1. The lowest BCUT2D eigenvalue weighted by molar-refractivity contribution is -0.157. The molecule has 1 aliphatic rings. The van der Waals surface area contributed by atoms with Gasteiger partial charge in [0.2, 0.25) is 0 Å². The molecule has 2 aromatic rings. The normalized spacial score (nSPS) is 16.2. The van der Waals surface area contributed by atoms with E-state index in [-0.39, 0.29) is 12.3 Å². The summed E-state index contributed by atoms with van der Waals surface area (Å²) in [6.45, 7) is 1.93. The second kappa shape index (κ2) is 9.03. The average Bonchev–Trinajstić information content (AvgIpc) is 2.69. The van der Waals surface area contributed by atoms with Crippen LogP contribution in [0.2, 0.25) is 0 Å². The first-order valence-electron chi connectivity index (χ1n) is 9.10. The van der Waals surface area contributed by atoms with Crippen LogP contribution >= 0.6 is 0 Å². The summed E-state index contributed by atoms with van der Waals surface area (Å²) in [5, 5.41) is 5.42. The predicted octanol–water partition coefficient (Wildman–Crippen LogP) is 2.07. The highest BCUT2D eigenvalue weighted by Crippen LogP contribution is 2.29. The van der Waals surface area contributed by atoms with Crippen LogP contribution < -0.4 is 15.4 Å². The number of benzene rings is 2. The lowest BCUT2D eigenvalue weighted by atomic mass is 10.1. The van der Waals surface area contributed by atoms with Gasteiger partial charge in [0.25, 0.3) is 11.8 Å². The highest BCUT2D eigenvalue weighted by molar-refractivity contribution is 5.99. The Balaban J connectivity index is 1.43. The maximum Gasteiger partial charge on any atom is 0.310 e. The van der Waals surface area contributed by atoms with E-state index in [1.165, 1.54) is 6.92 Å². The third-order valence-electron chi connectivity index (χ3n) is 4.29. The van der Waals surface area contributed by atoms with Gasteiger partial charge in [-0.1, -0.05) is 42.5 Å². The molecular weight excluding hydrogens is 360 g/mol. The molecule has 0 fully saturated rings. The Morgan fingerprint density at radius 1 is 1.14 bits per heavy atom. The number of ether oxygens (including phenoxy) is 2. The van der Waals surface area contributed by atoms with Gasteiger partial charge in [-0.25, -0.2) is 0 Å². The van der Waals surface area contributed by atoms with E-state index in [0.717, 1.165) is 5.56 Å². The molecule has 0 spiro atoms. The van der Waals surface area contributed by atoms with Crippen LogP contribution in [0, 0.1) is 0 Å². The van der Waals surface area contributed by atoms with Crippen molar-refractivity contribution in [3.63, 3.8) is 0 Å². The van der Waals surface area contributed by atoms with Crippen molar-refractivity contribution < 1.29 is 23.9 Å². The minimum atomic E-state index is -0.990. The molecule has 0 saturated carbocycles. The van der Waals surface area contributed by atoms with Crippen molar-refractivity contribution in [2.45, 2.75) is 32.0 Å². The van der Waals surface area contributed by atoms with Gasteiger partial charge < -0.3 is 20.1 Å². The van der Waals surface area contributed by atoms with Crippen LogP contribution in [-0.2, 0) is 25.5 Å². The molecule has 7 nitrogen and oxygen atoms in total. The van der Waals surface area contributed by atoms with Gasteiger partial charge in [-0.15, -0.1) is 0 Å². The molecule has 1 heterocycles. The SMILES string of the molecule is C[C@@H](OC(=O)C[C@@H]1Oc2ccccc2NC1=O)C(=O)NCCc1ccccc1. The lowest BCUT2D eigenvalue weighted by Crippen LogP contribution is -2.41. The minimum absolute atomic E-state index is 0.276. The average molecular weight is 382 g/mol. The zero-order valence-electron chi connectivity index (χ0n) is 15.5. The fraction of sp³-hybridized carbons (Fsp3) is 0.286. The molecular formula is C21H22N2O5. The summed E-state index contributed by atoms with van der Waals surface area (Å²) in [4.78, 5) is 36.3. The van der Waals surface area contributed by atoms with Crippen LogP contribution in [0.25, 0.3) is 0 Å². The molecule has 0 unspecified atom stereocenters. The Bertz CT molecular complexity index is 853. The van der Waals surface area contributed by atoms with E-state index in [2.05, 4.69) is 10.6 Å². The molecule has 7 heteroatoms. The second-order valence-corrected chi connectivity index (χ2v) is 6.45. The molecule has 1 aliphatic heterocycles. The summed E-state index contributed by atoms with van der Waals surface area (Å²) in [7, 11) is 0. The van der Waals surface area contributed by atoms with Crippen molar-refractivity contribution >= 4 is 23.5 Å². The van der Waals surface area contributed by atoms with Crippen molar-refractivity contribution in [2.75, 3.05) is 11.9 Å². The first-order valence-corrected chi connectivity index (χ1v) is 9.10. The van der Waals surface area contributed by atoms with Crippen molar-refractivity contribution in [3.05, 3.63) is 60.2 Å². The summed E-state index contributed by atoms with van der Waals surface area (Å²) in [5.41, 5.74) is 1.66. The molecule has 0 radical (unpaired) electrons. The third kappa shape index (κ3) is 5.09. The molecule has 0 aliphatic carbocycles. The Kier molecular flexibility index (Phi) is 6.26. The van der Waals surface area contributed by atoms with Crippen molar-refractivity contribution in [3.8, 4) is 5.75 Å². The van der Waals surface area contributed by atoms with E-state index in [4.69, 9.17) is 9.47 Å². The summed E-state index contributed by atoms with van der Waals surface area (Å²) in [6.07, 6.45) is -1.54. The maximum absolute atomic E-state index is 12.1. The first-order chi connectivity index (χ1) is 13.5. The summed E-state index contributed by atoms with van der Waals surface area (Å²) >= 11 is 0. The molecule has 2 aromatic carbocycles. The van der Waals surface area contributed by atoms with E-state index in [1.54, 1.807) is 24.3 Å². The van der Waals surface area contributed by atoms with Crippen LogP contribution in [-0.4, -0.2) is 36.5 Å². The summed E-state index contributed by atoms with van der Waals surface area (Å²) in [6, 6.07) is 16.7. The number of fused-ring (bicyclic) bond motifs is 1. The van der Waals surface area contributed by atoms with E-state index in [0.29, 0.717) is 24.4 Å². The molecule has 0 aromatic heterocycles. The molecule has 3 rings (SSSR count). The highest BCUT2D eigenvalue weighted by Gasteiger charge is 2.31. The van der Waals surface area contributed by atoms with Gasteiger partial charge in [0.1, 0.15) is 5.75 Å². The van der Waals surface area contributed by atoms with Crippen molar-refractivity contribution in [1.29, 1.82) is 0 Å². The van der Waals surface area contributed by atoms with Gasteiger partial charge in [0, 0.05) is 6.54 Å². The largest absolute Gasteiger partial charge is 0.478 e. The number of anilines is 1. The second-order valence-electron chi connectivity index (χ2n) is 6.45. The Labute approximate surface area is 163 Å². The Hall–Kier alpha value is -3.35. The zero-order valence-corrected chi connectivity index (χ0v) is 15.5. The van der Waals surface area contributed by atoms with Crippen LogP contribution in [0.5, 0.6) is 5.75 Å². The van der Waals surface area contributed by atoms with Gasteiger partial charge in [-0.3, -0.25) is 14.4 Å². The lowest BCUT2D eigenvalue weighted by Gasteiger charge is -2.25. The fourth-order valence-electron chi connectivity index (χ4n) is 2.80. The molecule has 28 heavy (non-hydrogen) atoms. The van der Waals surface area contributed by atoms with E-state index in [9.17, 15) is 14.4 Å². The zero-order chi connectivity index (χ0) is 19.9. The monoisotopic (exact) mass is 382 g/mol. The topological polar surface area (TPSA) is 93.7 Å². The summed E-state index contributed by atoms with van der Waals surface area (Å²) < 4.78 is 10.7. The van der Waals surface area contributed by atoms with E-state index < -0.39 is 24.1 Å². The van der Waals surface area contributed by atoms with Gasteiger partial charge in [0.15, 0.2) is 12.2 Å². The number of carbonyl (C=O) groups is 3. The highest BCUT2D eigenvalue weighted by atomic mass is 16.6. The number of amides is 2. The fourth-order valence-corrected chi connectivity index (χ4v) is 2.80. The molecule has 2 amide bonds. The number of nitrogens with one attached hydrogen (secondary N) is 2. The molecule has 2 atom stereocenters. The van der Waals surface area contributed by atoms with Gasteiger partial charge in [-0.2, -0.15) is 0 Å².